The Morgan fingerprint density at radius 1 is 1.08 bits per heavy atom. The van der Waals surface area contributed by atoms with Gasteiger partial charge in [-0.25, -0.2) is 4.79 Å². The van der Waals surface area contributed by atoms with Crippen LogP contribution < -0.4 is 9.47 Å². The summed E-state index contributed by atoms with van der Waals surface area (Å²) in [5.41, 5.74) is 1.30. The van der Waals surface area contributed by atoms with Gasteiger partial charge in [0.2, 0.25) is 0 Å². The zero-order chi connectivity index (χ0) is 18.2. The molecule has 130 valence electrons. The average molecular weight is 405 g/mol. The Labute approximate surface area is 154 Å². The van der Waals surface area contributed by atoms with Gasteiger partial charge in [0.05, 0.1) is 14.2 Å². The Balaban J connectivity index is 2.06. The second-order valence-electron chi connectivity index (χ2n) is 4.97. The molecular weight excluding hydrogens is 388 g/mol. The highest BCUT2D eigenvalue weighted by Gasteiger charge is 2.06. The molecular formula is C19H17BrO5. The highest BCUT2D eigenvalue weighted by Crippen LogP contribution is 2.24. The standard InChI is InChI=1S/C19H17BrO5/c1-23-18-10-6-15(20)11-14(18)5-9-17(21)13-3-7-16(8-4-13)25-12-19(22)24-2/h3-11H,12H2,1-2H3. The van der Waals surface area contributed by atoms with E-state index in [9.17, 15) is 9.59 Å². The summed E-state index contributed by atoms with van der Waals surface area (Å²) < 4.78 is 15.9. The first-order chi connectivity index (χ1) is 12.0. The van der Waals surface area contributed by atoms with Crippen molar-refractivity contribution < 1.29 is 23.8 Å². The number of ketones is 1. The number of esters is 1. The van der Waals surface area contributed by atoms with Crippen molar-refractivity contribution in [3.05, 3.63) is 64.1 Å². The predicted molar refractivity (Wildman–Crippen MR) is 98.0 cm³/mol. The monoisotopic (exact) mass is 404 g/mol. The van der Waals surface area contributed by atoms with Crippen LogP contribution in [0, 0.1) is 0 Å². The summed E-state index contributed by atoms with van der Waals surface area (Å²) in [6, 6.07) is 12.1. The molecule has 0 heterocycles. The first kappa shape index (κ1) is 18.7. The maximum atomic E-state index is 12.3. The third-order valence-electron chi connectivity index (χ3n) is 3.33. The SMILES string of the molecule is COC(=O)COc1ccc(C(=O)C=Cc2cc(Br)ccc2OC)cc1. The van der Waals surface area contributed by atoms with Crippen molar-refractivity contribution in [3.63, 3.8) is 0 Å². The molecule has 0 unspecified atom stereocenters. The van der Waals surface area contributed by atoms with E-state index in [1.54, 1.807) is 37.5 Å². The highest BCUT2D eigenvalue weighted by molar-refractivity contribution is 9.10. The fourth-order valence-corrected chi connectivity index (χ4v) is 2.39. The van der Waals surface area contributed by atoms with Crippen molar-refractivity contribution in [2.75, 3.05) is 20.8 Å². The lowest BCUT2D eigenvalue weighted by atomic mass is 10.1. The van der Waals surface area contributed by atoms with Crippen LogP contribution in [0.5, 0.6) is 11.5 Å². The first-order valence-corrected chi connectivity index (χ1v) is 8.18. The highest BCUT2D eigenvalue weighted by atomic mass is 79.9. The molecule has 0 aromatic heterocycles. The van der Waals surface area contributed by atoms with Crippen molar-refractivity contribution in [1.29, 1.82) is 0 Å². The van der Waals surface area contributed by atoms with Crippen LogP contribution in [-0.2, 0) is 9.53 Å². The molecule has 0 aliphatic rings. The van der Waals surface area contributed by atoms with Gasteiger partial charge >= 0.3 is 5.97 Å². The second kappa shape index (κ2) is 9.03. The van der Waals surface area contributed by atoms with E-state index in [1.807, 2.05) is 18.2 Å². The van der Waals surface area contributed by atoms with E-state index >= 15 is 0 Å². The third kappa shape index (κ3) is 5.46. The van der Waals surface area contributed by atoms with E-state index in [4.69, 9.17) is 9.47 Å². The summed E-state index contributed by atoms with van der Waals surface area (Å²) in [5, 5.41) is 0. The van der Waals surface area contributed by atoms with Gasteiger partial charge in [0.15, 0.2) is 12.4 Å². The van der Waals surface area contributed by atoms with Crippen LogP contribution in [0.2, 0.25) is 0 Å². The number of ether oxygens (including phenoxy) is 3. The number of rotatable bonds is 7. The van der Waals surface area contributed by atoms with Crippen LogP contribution >= 0.6 is 15.9 Å². The molecule has 2 aromatic carbocycles. The van der Waals surface area contributed by atoms with E-state index in [2.05, 4.69) is 20.7 Å². The van der Waals surface area contributed by atoms with Crippen molar-refractivity contribution in [3.8, 4) is 11.5 Å². The Morgan fingerprint density at radius 2 is 1.80 bits per heavy atom. The van der Waals surface area contributed by atoms with E-state index < -0.39 is 5.97 Å². The Kier molecular flexibility index (Phi) is 6.77. The van der Waals surface area contributed by atoms with Crippen LogP contribution in [-0.4, -0.2) is 32.6 Å². The summed E-state index contributed by atoms with van der Waals surface area (Å²) in [4.78, 5) is 23.3. The summed E-state index contributed by atoms with van der Waals surface area (Å²) >= 11 is 3.39. The zero-order valence-corrected chi connectivity index (χ0v) is 15.4. The number of allylic oxidation sites excluding steroid dienone is 1. The molecule has 2 aromatic rings. The predicted octanol–water partition coefficient (Wildman–Crippen LogP) is 3.91. The number of hydrogen-bond acceptors (Lipinski definition) is 5. The van der Waals surface area contributed by atoms with Gasteiger partial charge in [-0.15, -0.1) is 0 Å². The minimum Gasteiger partial charge on any atom is -0.496 e. The lowest BCUT2D eigenvalue weighted by Crippen LogP contribution is -2.12. The maximum absolute atomic E-state index is 12.3. The normalized spacial score (nSPS) is 10.5. The van der Waals surface area contributed by atoms with Gasteiger partial charge < -0.3 is 14.2 Å². The number of carbonyl (C=O) groups excluding carboxylic acids is 2. The molecule has 0 N–H and O–H groups in total. The molecule has 0 spiro atoms. The van der Waals surface area contributed by atoms with Gasteiger partial charge in [-0.3, -0.25) is 4.79 Å². The summed E-state index contributed by atoms with van der Waals surface area (Å²) in [6.45, 7) is -0.174. The Morgan fingerprint density at radius 3 is 2.44 bits per heavy atom. The van der Waals surface area contributed by atoms with Crippen molar-refractivity contribution in [1.82, 2.24) is 0 Å². The van der Waals surface area contributed by atoms with E-state index in [0.29, 0.717) is 17.1 Å². The van der Waals surface area contributed by atoms with Crippen molar-refractivity contribution >= 4 is 33.8 Å². The number of methoxy groups -OCH3 is 2. The van der Waals surface area contributed by atoms with Crippen LogP contribution in [0.1, 0.15) is 15.9 Å². The molecule has 2 rings (SSSR count). The maximum Gasteiger partial charge on any atom is 0.343 e. The zero-order valence-electron chi connectivity index (χ0n) is 13.8. The van der Waals surface area contributed by atoms with Crippen molar-refractivity contribution in [2.24, 2.45) is 0 Å². The molecule has 0 aliphatic carbocycles. The van der Waals surface area contributed by atoms with Gasteiger partial charge in [0.1, 0.15) is 11.5 Å². The molecule has 0 saturated carbocycles. The number of hydrogen-bond donors (Lipinski definition) is 0. The molecule has 0 fully saturated rings. The topological polar surface area (TPSA) is 61.8 Å². The first-order valence-electron chi connectivity index (χ1n) is 7.39. The molecule has 0 radical (unpaired) electrons. The third-order valence-corrected chi connectivity index (χ3v) is 3.82. The quantitative estimate of drug-likeness (QED) is 0.397. The van der Waals surface area contributed by atoms with Crippen LogP contribution in [0.4, 0.5) is 0 Å². The molecule has 0 saturated heterocycles. The molecule has 6 heteroatoms. The molecule has 5 nitrogen and oxygen atoms in total. The van der Waals surface area contributed by atoms with Crippen LogP contribution in [0.25, 0.3) is 6.08 Å². The van der Waals surface area contributed by atoms with Gasteiger partial charge in [-0.05, 0) is 54.6 Å². The molecule has 25 heavy (non-hydrogen) atoms. The number of benzene rings is 2. The van der Waals surface area contributed by atoms with Gasteiger partial charge in [-0.2, -0.15) is 0 Å². The Hall–Kier alpha value is -2.60. The second-order valence-corrected chi connectivity index (χ2v) is 5.89. The van der Waals surface area contributed by atoms with Gasteiger partial charge in [0, 0.05) is 15.6 Å². The van der Waals surface area contributed by atoms with E-state index in [1.165, 1.54) is 13.2 Å². The lowest BCUT2D eigenvalue weighted by Gasteiger charge is -2.06. The minimum absolute atomic E-state index is 0.151. The molecule has 0 atom stereocenters. The molecule has 0 aliphatic heterocycles. The summed E-state index contributed by atoms with van der Waals surface area (Å²) in [7, 11) is 2.87. The van der Waals surface area contributed by atoms with Crippen LogP contribution in [0.15, 0.2) is 53.0 Å². The summed E-state index contributed by atoms with van der Waals surface area (Å²) in [6.07, 6.45) is 3.18. The fraction of sp³-hybridized carbons (Fsp3) is 0.158. The minimum atomic E-state index is -0.467. The molecule has 0 amide bonds. The number of halogens is 1. The fourth-order valence-electron chi connectivity index (χ4n) is 2.01. The van der Waals surface area contributed by atoms with Crippen LogP contribution in [0.3, 0.4) is 0 Å². The van der Waals surface area contributed by atoms with E-state index in [0.717, 1.165) is 10.0 Å². The smallest absolute Gasteiger partial charge is 0.343 e. The lowest BCUT2D eigenvalue weighted by molar-refractivity contribution is -0.142. The van der Waals surface area contributed by atoms with E-state index in [-0.39, 0.29) is 12.4 Å². The largest absolute Gasteiger partial charge is 0.496 e. The summed E-state index contributed by atoms with van der Waals surface area (Å²) in [5.74, 6) is 0.547. The van der Waals surface area contributed by atoms with Gasteiger partial charge in [0.25, 0.3) is 0 Å². The number of carbonyl (C=O) groups is 2. The average Bonchev–Trinajstić information content (AvgIpc) is 2.64. The Bertz CT molecular complexity index is 781. The van der Waals surface area contributed by atoms with Crippen molar-refractivity contribution in [2.45, 2.75) is 0 Å². The van der Waals surface area contributed by atoms with Gasteiger partial charge in [-0.1, -0.05) is 15.9 Å². The molecule has 0 bridgehead atoms.